The standard InChI is InChI=1S/C4H7IS/c5-3-4-1-2-6-4/h4H,1-3H2. The van der Waals surface area contributed by atoms with Gasteiger partial charge in [0.25, 0.3) is 0 Å². The molecule has 0 aromatic rings. The van der Waals surface area contributed by atoms with Gasteiger partial charge in [-0.1, -0.05) is 22.6 Å². The summed E-state index contributed by atoms with van der Waals surface area (Å²) in [7, 11) is 0. The first-order chi connectivity index (χ1) is 2.93. The van der Waals surface area contributed by atoms with Gasteiger partial charge in [0, 0.05) is 9.68 Å². The molecule has 1 heterocycles. The molecular weight excluding hydrogens is 207 g/mol. The van der Waals surface area contributed by atoms with Crippen molar-refractivity contribution in [2.24, 2.45) is 0 Å². The lowest BCUT2D eigenvalue weighted by Crippen LogP contribution is -2.15. The lowest BCUT2D eigenvalue weighted by atomic mass is 10.3. The summed E-state index contributed by atoms with van der Waals surface area (Å²) in [5.74, 6) is 1.41. The number of thioether (sulfide) groups is 1. The molecule has 1 atom stereocenters. The zero-order chi connectivity index (χ0) is 4.41. The molecule has 0 nitrogen and oxygen atoms in total. The van der Waals surface area contributed by atoms with Crippen LogP contribution < -0.4 is 0 Å². The second-order valence-electron chi connectivity index (χ2n) is 1.44. The number of hydrogen-bond acceptors (Lipinski definition) is 1. The Kier molecular flexibility index (Phi) is 2.09. The zero-order valence-electron chi connectivity index (χ0n) is 3.48. The molecule has 0 aromatic carbocycles. The van der Waals surface area contributed by atoms with E-state index in [4.69, 9.17) is 0 Å². The Balaban J connectivity index is 2.01. The Labute approximate surface area is 56.2 Å². The van der Waals surface area contributed by atoms with Crippen LogP contribution >= 0.6 is 34.4 Å². The van der Waals surface area contributed by atoms with Crippen LogP contribution in [0.5, 0.6) is 0 Å². The third kappa shape index (κ3) is 1.03. The van der Waals surface area contributed by atoms with Crippen molar-refractivity contribution in [3.05, 3.63) is 0 Å². The third-order valence-electron chi connectivity index (χ3n) is 0.965. The molecule has 0 radical (unpaired) electrons. The van der Waals surface area contributed by atoms with Gasteiger partial charge in [-0.3, -0.25) is 0 Å². The maximum absolute atomic E-state index is 2.44. The summed E-state index contributed by atoms with van der Waals surface area (Å²) in [6, 6.07) is 0. The second kappa shape index (κ2) is 2.40. The van der Waals surface area contributed by atoms with E-state index in [0.29, 0.717) is 0 Å². The quantitative estimate of drug-likeness (QED) is 0.474. The van der Waals surface area contributed by atoms with Crippen LogP contribution in [0.1, 0.15) is 6.42 Å². The molecule has 1 unspecified atom stereocenters. The van der Waals surface area contributed by atoms with Crippen molar-refractivity contribution < 1.29 is 0 Å². The van der Waals surface area contributed by atoms with Gasteiger partial charge in [-0.2, -0.15) is 11.8 Å². The van der Waals surface area contributed by atoms with E-state index in [1.165, 1.54) is 16.6 Å². The Hall–Kier alpha value is 1.08. The summed E-state index contributed by atoms with van der Waals surface area (Å²) >= 11 is 4.54. The zero-order valence-corrected chi connectivity index (χ0v) is 6.46. The highest BCUT2D eigenvalue weighted by molar-refractivity contribution is 14.1. The van der Waals surface area contributed by atoms with Gasteiger partial charge >= 0.3 is 0 Å². The van der Waals surface area contributed by atoms with Crippen LogP contribution in [0.3, 0.4) is 0 Å². The van der Waals surface area contributed by atoms with Crippen LogP contribution in [-0.2, 0) is 0 Å². The average Bonchev–Trinajstić information content (AvgIpc) is 1.31. The van der Waals surface area contributed by atoms with Crippen LogP contribution in [0.15, 0.2) is 0 Å². The minimum Gasteiger partial charge on any atom is -0.158 e. The Morgan fingerprint density at radius 3 is 2.50 bits per heavy atom. The fourth-order valence-corrected chi connectivity index (χ4v) is 2.27. The molecule has 1 aliphatic heterocycles. The molecule has 0 aliphatic carbocycles. The topological polar surface area (TPSA) is 0 Å². The predicted octanol–water partition coefficient (Wildman–Crippen LogP) is 1.93. The molecule has 0 aromatic heterocycles. The van der Waals surface area contributed by atoms with Crippen molar-refractivity contribution in [2.75, 3.05) is 10.2 Å². The van der Waals surface area contributed by atoms with E-state index in [-0.39, 0.29) is 0 Å². The summed E-state index contributed by atoms with van der Waals surface area (Å²) in [6.07, 6.45) is 1.47. The van der Waals surface area contributed by atoms with Gasteiger partial charge in [-0.05, 0) is 12.2 Å². The van der Waals surface area contributed by atoms with Crippen molar-refractivity contribution in [1.82, 2.24) is 0 Å². The fourth-order valence-electron chi connectivity index (χ4n) is 0.406. The lowest BCUT2D eigenvalue weighted by Gasteiger charge is -2.21. The number of halogens is 1. The van der Waals surface area contributed by atoms with Gasteiger partial charge in [0.05, 0.1) is 0 Å². The van der Waals surface area contributed by atoms with Crippen molar-refractivity contribution in [2.45, 2.75) is 11.7 Å². The molecule has 36 valence electrons. The highest BCUT2D eigenvalue weighted by Crippen LogP contribution is 2.28. The van der Waals surface area contributed by atoms with Gasteiger partial charge in [0.2, 0.25) is 0 Å². The van der Waals surface area contributed by atoms with Gasteiger partial charge < -0.3 is 0 Å². The normalized spacial score (nSPS) is 32.5. The summed E-state index contributed by atoms with van der Waals surface area (Å²) < 4.78 is 1.35. The van der Waals surface area contributed by atoms with Crippen molar-refractivity contribution in [3.8, 4) is 0 Å². The molecule has 1 saturated heterocycles. The van der Waals surface area contributed by atoms with Gasteiger partial charge in [0.1, 0.15) is 0 Å². The molecule has 6 heavy (non-hydrogen) atoms. The summed E-state index contributed by atoms with van der Waals surface area (Å²) in [5, 5.41) is 1.02. The molecule has 0 amide bonds. The molecule has 1 rings (SSSR count). The van der Waals surface area contributed by atoms with E-state index in [9.17, 15) is 0 Å². The van der Waals surface area contributed by atoms with E-state index in [1.807, 2.05) is 0 Å². The molecule has 0 bridgehead atoms. The SMILES string of the molecule is ICC1CCS1. The fraction of sp³-hybridized carbons (Fsp3) is 1.00. The first-order valence-electron chi connectivity index (χ1n) is 2.11. The molecule has 0 spiro atoms. The monoisotopic (exact) mass is 214 g/mol. The van der Waals surface area contributed by atoms with Gasteiger partial charge in [-0.25, -0.2) is 0 Å². The lowest BCUT2D eigenvalue weighted by molar-refractivity contribution is 0.881. The first kappa shape index (κ1) is 5.22. The minimum absolute atomic E-state index is 1.02. The van der Waals surface area contributed by atoms with Crippen molar-refractivity contribution in [3.63, 3.8) is 0 Å². The van der Waals surface area contributed by atoms with Crippen LogP contribution in [-0.4, -0.2) is 15.4 Å². The van der Waals surface area contributed by atoms with Crippen LogP contribution in [0.25, 0.3) is 0 Å². The molecule has 1 fully saturated rings. The van der Waals surface area contributed by atoms with Crippen molar-refractivity contribution >= 4 is 34.4 Å². The van der Waals surface area contributed by atoms with E-state index in [0.717, 1.165) is 5.25 Å². The Morgan fingerprint density at radius 2 is 2.50 bits per heavy atom. The third-order valence-corrected chi connectivity index (χ3v) is 3.97. The van der Waals surface area contributed by atoms with Crippen LogP contribution in [0, 0.1) is 0 Å². The van der Waals surface area contributed by atoms with E-state index in [2.05, 4.69) is 34.4 Å². The van der Waals surface area contributed by atoms with Gasteiger partial charge in [-0.15, -0.1) is 0 Å². The molecule has 2 heteroatoms. The van der Waals surface area contributed by atoms with Crippen LogP contribution in [0.2, 0.25) is 0 Å². The van der Waals surface area contributed by atoms with E-state index in [1.54, 1.807) is 0 Å². The van der Waals surface area contributed by atoms with E-state index >= 15 is 0 Å². The average molecular weight is 214 g/mol. The maximum atomic E-state index is 2.44. The molecule has 0 saturated carbocycles. The highest BCUT2D eigenvalue weighted by atomic mass is 127. The summed E-state index contributed by atoms with van der Waals surface area (Å²) in [6.45, 7) is 0. The largest absolute Gasteiger partial charge is 0.158 e. The number of rotatable bonds is 1. The smallest absolute Gasteiger partial charge is 0.0144 e. The number of hydrogen-bond donors (Lipinski definition) is 0. The van der Waals surface area contributed by atoms with Crippen molar-refractivity contribution in [1.29, 1.82) is 0 Å². The Bertz CT molecular complexity index is 40.1. The molecule has 1 aliphatic rings. The Morgan fingerprint density at radius 1 is 1.83 bits per heavy atom. The maximum Gasteiger partial charge on any atom is 0.0144 e. The molecule has 0 N–H and O–H groups in total. The highest BCUT2D eigenvalue weighted by Gasteiger charge is 2.14. The molecular formula is C4H7IS. The van der Waals surface area contributed by atoms with Crippen LogP contribution in [0.4, 0.5) is 0 Å². The summed E-state index contributed by atoms with van der Waals surface area (Å²) in [4.78, 5) is 0. The number of alkyl halides is 1. The summed E-state index contributed by atoms with van der Waals surface area (Å²) in [5.41, 5.74) is 0. The first-order valence-corrected chi connectivity index (χ1v) is 4.68. The predicted molar refractivity (Wildman–Crippen MR) is 39.8 cm³/mol. The van der Waals surface area contributed by atoms with Gasteiger partial charge in [0.15, 0.2) is 0 Å². The van der Waals surface area contributed by atoms with E-state index < -0.39 is 0 Å². The second-order valence-corrected chi connectivity index (χ2v) is 3.72. The minimum atomic E-state index is 1.02.